The van der Waals surface area contributed by atoms with Gasteiger partial charge < -0.3 is 30.5 Å². The van der Waals surface area contributed by atoms with E-state index < -0.39 is 8.80 Å². The second kappa shape index (κ2) is 15.4. The van der Waals surface area contributed by atoms with Crippen molar-refractivity contribution in [3.05, 3.63) is 5.82 Å². The monoisotopic (exact) mass is 459 g/mol. The first kappa shape index (κ1) is 27.6. The molecule has 0 spiro atoms. The van der Waals surface area contributed by atoms with Crippen LogP contribution < -0.4 is 28.1 Å². The number of hydrogen-bond donors (Lipinski definition) is 4. The summed E-state index contributed by atoms with van der Waals surface area (Å²) in [5.74, 6) is 7.22. The zero-order valence-electron chi connectivity index (χ0n) is 19.3. The van der Waals surface area contributed by atoms with E-state index in [1.54, 1.807) is 0 Å². The molecule has 0 saturated heterocycles. The molecule has 0 atom stereocenters. The van der Waals surface area contributed by atoms with Crippen LogP contribution in [0.3, 0.4) is 0 Å². The molecule has 0 aliphatic rings. The molecule has 12 nitrogen and oxygen atoms in total. The van der Waals surface area contributed by atoms with Gasteiger partial charge in [0.2, 0.25) is 11.9 Å². The summed E-state index contributed by atoms with van der Waals surface area (Å²) in [6.07, 6.45) is 1.32. The van der Waals surface area contributed by atoms with E-state index in [1.165, 1.54) is 5.01 Å². The van der Waals surface area contributed by atoms with Gasteiger partial charge >= 0.3 is 8.80 Å². The summed E-state index contributed by atoms with van der Waals surface area (Å²) in [6, 6.07) is 0.670. The summed E-state index contributed by atoms with van der Waals surface area (Å²) in [7, 11) is -2.70. The van der Waals surface area contributed by atoms with Crippen molar-refractivity contribution in [2.45, 2.75) is 39.7 Å². The lowest BCUT2D eigenvalue weighted by atomic mass is 10.3. The summed E-state index contributed by atoms with van der Waals surface area (Å²) >= 11 is 0. The van der Waals surface area contributed by atoms with Crippen LogP contribution in [0.25, 0.3) is 0 Å². The van der Waals surface area contributed by atoms with Crippen molar-refractivity contribution >= 4 is 20.7 Å². The maximum absolute atomic E-state index is 6.17. The van der Waals surface area contributed by atoms with Gasteiger partial charge in [-0.3, -0.25) is 9.91 Å². The fourth-order valence-corrected chi connectivity index (χ4v) is 5.79. The van der Waals surface area contributed by atoms with Crippen molar-refractivity contribution in [1.29, 1.82) is 0 Å². The molecule has 0 fully saturated rings. The minimum absolute atomic E-state index is 0.138. The maximum atomic E-state index is 6.17. The minimum atomic E-state index is -2.70. The summed E-state index contributed by atoms with van der Waals surface area (Å²) < 4.78 is 17.7. The third kappa shape index (κ3) is 10.1. The predicted molar refractivity (Wildman–Crippen MR) is 124 cm³/mol. The number of nitrogens with two attached hydrogens (primary N) is 4. The molecule has 0 aromatic carbocycles. The number of hydrogen-bond acceptors (Lipinski definition) is 12. The highest BCUT2D eigenvalue weighted by Gasteiger charge is 2.39. The Labute approximate surface area is 187 Å². The Morgan fingerprint density at radius 1 is 0.839 bits per heavy atom. The van der Waals surface area contributed by atoms with Gasteiger partial charge in [-0.25, -0.2) is 5.84 Å². The van der Waals surface area contributed by atoms with Crippen molar-refractivity contribution < 1.29 is 13.3 Å². The van der Waals surface area contributed by atoms with E-state index in [1.807, 2.05) is 20.8 Å². The Bertz CT molecular complexity index is 592. The van der Waals surface area contributed by atoms with Gasteiger partial charge in [-0.15, -0.1) is 0 Å². The standard InChI is InChI=1S/C18H41N9O3Si/c1-4-28-31(29-5-2,30-6-3)15-7-8-16-23-17(21)25-18(24-16)27(22)14-13-26(11-9-19)12-10-20/h4-15,19-20,22H2,1-3H3,(H2,21,23,24,25). The summed E-state index contributed by atoms with van der Waals surface area (Å²) in [4.78, 5) is 15.1. The van der Waals surface area contributed by atoms with Crippen molar-refractivity contribution in [3.8, 4) is 0 Å². The molecule has 1 aromatic rings. The molecular formula is C18H41N9O3Si. The molecule has 0 saturated carbocycles. The maximum Gasteiger partial charge on any atom is 0.500 e. The molecule has 0 aliphatic carbocycles. The fraction of sp³-hybridized carbons (Fsp3) is 0.833. The van der Waals surface area contributed by atoms with Crippen molar-refractivity contribution in [3.63, 3.8) is 0 Å². The molecular weight excluding hydrogens is 418 g/mol. The molecule has 180 valence electrons. The Morgan fingerprint density at radius 3 is 1.94 bits per heavy atom. The highest BCUT2D eigenvalue weighted by Crippen LogP contribution is 2.20. The average Bonchev–Trinajstić information content (AvgIpc) is 2.72. The number of hydrazine groups is 1. The Hall–Kier alpha value is -1.45. The van der Waals surface area contributed by atoms with Crippen molar-refractivity contribution in [2.75, 3.05) is 69.8 Å². The van der Waals surface area contributed by atoms with Crippen LogP contribution >= 0.6 is 0 Å². The smallest absolute Gasteiger partial charge is 0.374 e. The number of rotatable bonds is 18. The summed E-state index contributed by atoms with van der Waals surface area (Å²) in [5, 5.41) is 1.47. The normalized spacial score (nSPS) is 12.0. The van der Waals surface area contributed by atoms with Crippen LogP contribution in [-0.4, -0.2) is 87.7 Å². The lowest BCUT2D eigenvalue weighted by Gasteiger charge is -2.28. The fourth-order valence-electron chi connectivity index (χ4n) is 3.18. The molecule has 1 aromatic heterocycles. The molecule has 0 amide bonds. The molecule has 0 unspecified atom stereocenters. The highest BCUT2D eigenvalue weighted by atomic mass is 28.4. The number of anilines is 2. The average molecular weight is 460 g/mol. The number of nitrogens with zero attached hydrogens (tertiary/aromatic N) is 5. The SMILES string of the molecule is CCO[Si](CCCc1nc(N)nc(N(N)CCN(CCN)CCN)n1)(OCC)OCC. The Kier molecular flexibility index (Phi) is 13.7. The van der Waals surface area contributed by atoms with Crippen LogP contribution in [0.5, 0.6) is 0 Å². The second-order valence-corrected chi connectivity index (χ2v) is 9.59. The van der Waals surface area contributed by atoms with Gasteiger partial charge in [0.05, 0.1) is 6.54 Å². The van der Waals surface area contributed by atoms with E-state index in [-0.39, 0.29) is 5.95 Å². The van der Waals surface area contributed by atoms with Gasteiger partial charge in [-0.1, -0.05) is 0 Å². The molecule has 13 heteroatoms. The molecule has 0 aliphatic heterocycles. The predicted octanol–water partition coefficient (Wildman–Crippen LogP) is -0.666. The van der Waals surface area contributed by atoms with Crippen LogP contribution in [0.1, 0.15) is 33.0 Å². The zero-order chi connectivity index (χ0) is 23.1. The lowest BCUT2D eigenvalue weighted by molar-refractivity contribution is 0.0708. The van der Waals surface area contributed by atoms with E-state index in [4.69, 9.17) is 36.3 Å². The van der Waals surface area contributed by atoms with Crippen LogP contribution in [0.15, 0.2) is 0 Å². The van der Waals surface area contributed by atoms with E-state index >= 15 is 0 Å². The van der Waals surface area contributed by atoms with E-state index in [2.05, 4.69) is 19.9 Å². The van der Waals surface area contributed by atoms with Crippen LogP contribution in [0.2, 0.25) is 6.04 Å². The van der Waals surface area contributed by atoms with Crippen LogP contribution in [-0.2, 0) is 19.7 Å². The molecule has 31 heavy (non-hydrogen) atoms. The van der Waals surface area contributed by atoms with Gasteiger partial charge in [0.25, 0.3) is 0 Å². The molecule has 8 N–H and O–H groups in total. The van der Waals surface area contributed by atoms with E-state index in [0.29, 0.717) is 70.2 Å². The summed E-state index contributed by atoms with van der Waals surface area (Å²) in [6.45, 7) is 11.3. The van der Waals surface area contributed by atoms with E-state index in [9.17, 15) is 0 Å². The summed E-state index contributed by atoms with van der Waals surface area (Å²) in [5.41, 5.74) is 17.2. The van der Waals surface area contributed by atoms with Crippen molar-refractivity contribution in [1.82, 2.24) is 19.9 Å². The molecule has 0 bridgehead atoms. The number of aryl methyl sites for hydroxylation is 1. The van der Waals surface area contributed by atoms with Crippen molar-refractivity contribution in [2.24, 2.45) is 17.3 Å². The lowest BCUT2D eigenvalue weighted by Crippen LogP contribution is -2.46. The topological polar surface area (TPSA) is 177 Å². The molecule has 1 rings (SSSR count). The largest absolute Gasteiger partial charge is 0.500 e. The molecule has 0 radical (unpaired) electrons. The Balaban J connectivity index is 2.74. The van der Waals surface area contributed by atoms with Crippen LogP contribution in [0.4, 0.5) is 11.9 Å². The second-order valence-electron chi connectivity index (χ2n) is 6.86. The number of nitrogen functional groups attached to an aromatic ring is 1. The first-order valence-electron chi connectivity index (χ1n) is 11.0. The van der Waals surface area contributed by atoms with Gasteiger partial charge in [0.15, 0.2) is 0 Å². The Morgan fingerprint density at radius 2 is 1.42 bits per heavy atom. The van der Waals surface area contributed by atoms with Gasteiger partial charge in [0.1, 0.15) is 5.82 Å². The first-order valence-corrected chi connectivity index (χ1v) is 12.9. The highest BCUT2D eigenvalue weighted by molar-refractivity contribution is 6.60. The van der Waals surface area contributed by atoms with Gasteiger partial charge in [-0.05, 0) is 27.2 Å². The molecule has 1 heterocycles. The van der Waals surface area contributed by atoms with Gasteiger partial charge in [0, 0.05) is 65.0 Å². The van der Waals surface area contributed by atoms with E-state index in [0.717, 1.165) is 19.5 Å². The van der Waals surface area contributed by atoms with Gasteiger partial charge in [-0.2, -0.15) is 15.0 Å². The third-order valence-electron chi connectivity index (χ3n) is 4.47. The van der Waals surface area contributed by atoms with Crippen LogP contribution in [0, 0.1) is 0 Å². The number of aromatic nitrogens is 3. The zero-order valence-corrected chi connectivity index (χ0v) is 20.3. The first-order chi connectivity index (χ1) is 14.9. The minimum Gasteiger partial charge on any atom is -0.374 e. The third-order valence-corrected chi connectivity index (χ3v) is 7.62. The quantitative estimate of drug-likeness (QED) is 0.124.